The fourth-order valence-electron chi connectivity index (χ4n) is 3.15. The molecule has 2 aliphatic rings. The molecule has 1 aromatic carbocycles. The van der Waals surface area contributed by atoms with E-state index in [1.165, 1.54) is 18.2 Å². The molecule has 1 aromatic rings. The van der Waals surface area contributed by atoms with Crippen molar-refractivity contribution in [3.8, 4) is 0 Å². The first-order valence-corrected chi connectivity index (χ1v) is 7.91. The number of carbonyl (C=O) groups is 6. The third kappa shape index (κ3) is 2.87. The summed E-state index contributed by atoms with van der Waals surface area (Å²) in [6.45, 7) is 0. The SMILES string of the molecule is O=C1CCC(N2C(=O)c3cccc(CCC(=O)C(=O)O)c3C2=O)C(=O)N1. The summed E-state index contributed by atoms with van der Waals surface area (Å²) < 4.78 is 0. The number of carboxylic acids is 1. The molecule has 1 atom stereocenters. The molecule has 0 aliphatic carbocycles. The highest BCUT2D eigenvalue weighted by atomic mass is 16.4. The van der Waals surface area contributed by atoms with Crippen molar-refractivity contribution >= 4 is 35.4 Å². The number of imide groups is 2. The Kier molecular flexibility index (Phi) is 4.37. The average Bonchev–Trinajstić information content (AvgIpc) is 2.85. The lowest BCUT2D eigenvalue weighted by Crippen LogP contribution is -2.54. The number of hydrogen-bond acceptors (Lipinski definition) is 6. The van der Waals surface area contributed by atoms with E-state index in [4.69, 9.17) is 5.11 Å². The van der Waals surface area contributed by atoms with Crippen molar-refractivity contribution in [2.24, 2.45) is 0 Å². The van der Waals surface area contributed by atoms with Gasteiger partial charge in [0.25, 0.3) is 11.8 Å². The quantitative estimate of drug-likeness (QED) is 0.543. The second-order valence-electron chi connectivity index (χ2n) is 6.02. The molecular formula is C17H14N2O7. The van der Waals surface area contributed by atoms with E-state index >= 15 is 0 Å². The summed E-state index contributed by atoms with van der Waals surface area (Å²) in [4.78, 5) is 71.4. The largest absolute Gasteiger partial charge is 0.476 e. The second kappa shape index (κ2) is 6.51. The highest BCUT2D eigenvalue weighted by molar-refractivity contribution is 6.32. The number of aryl methyl sites for hydroxylation is 1. The van der Waals surface area contributed by atoms with E-state index in [0.29, 0.717) is 5.56 Å². The number of ketones is 1. The van der Waals surface area contributed by atoms with Gasteiger partial charge in [-0.3, -0.25) is 34.2 Å². The van der Waals surface area contributed by atoms with Crippen LogP contribution in [0.25, 0.3) is 0 Å². The van der Waals surface area contributed by atoms with Crippen LogP contribution in [-0.2, 0) is 25.6 Å². The molecular weight excluding hydrogens is 344 g/mol. The molecule has 0 aromatic heterocycles. The first-order valence-electron chi connectivity index (χ1n) is 7.91. The summed E-state index contributed by atoms with van der Waals surface area (Å²) in [5, 5.41) is 10.8. The predicted octanol–water partition coefficient (Wildman–Crippen LogP) is -0.326. The van der Waals surface area contributed by atoms with E-state index in [1.807, 2.05) is 0 Å². The summed E-state index contributed by atoms with van der Waals surface area (Å²) in [6, 6.07) is 3.42. The van der Waals surface area contributed by atoms with Crippen LogP contribution in [-0.4, -0.2) is 51.4 Å². The molecule has 1 fully saturated rings. The van der Waals surface area contributed by atoms with E-state index in [-0.39, 0.29) is 36.8 Å². The van der Waals surface area contributed by atoms with Gasteiger partial charge in [-0.2, -0.15) is 0 Å². The monoisotopic (exact) mass is 358 g/mol. The van der Waals surface area contributed by atoms with Crippen molar-refractivity contribution in [2.75, 3.05) is 0 Å². The van der Waals surface area contributed by atoms with Gasteiger partial charge in [-0.25, -0.2) is 4.79 Å². The molecule has 4 amide bonds. The minimum atomic E-state index is -1.56. The standard InChI is InChI=1S/C17H14N2O7/c20-11(17(25)26)6-4-8-2-1-3-9-13(8)16(24)19(15(9)23)10-5-7-12(21)18-14(10)22/h1-3,10H,4-7H2,(H,25,26)(H,18,21,22). The van der Waals surface area contributed by atoms with Gasteiger partial charge in [0.1, 0.15) is 6.04 Å². The molecule has 26 heavy (non-hydrogen) atoms. The van der Waals surface area contributed by atoms with Crippen molar-refractivity contribution in [1.29, 1.82) is 0 Å². The van der Waals surface area contributed by atoms with Gasteiger partial charge in [-0.1, -0.05) is 12.1 Å². The Morgan fingerprint density at radius 3 is 2.54 bits per heavy atom. The predicted molar refractivity (Wildman–Crippen MR) is 84.1 cm³/mol. The molecule has 134 valence electrons. The molecule has 2 N–H and O–H groups in total. The fraction of sp³-hybridized carbons (Fsp3) is 0.294. The summed E-state index contributed by atoms with van der Waals surface area (Å²) in [5.74, 6) is -5.07. The molecule has 2 heterocycles. The third-order valence-corrected chi connectivity index (χ3v) is 4.41. The Morgan fingerprint density at radius 1 is 1.15 bits per heavy atom. The van der Waals surface area contributed by atoms with Crippen LogP contribution in [0.15, 0.2) is 18.2 Å². The van der Waals surface area contributed by atoms with Gasteiger partial charge in [0, 0.05) is 12.8 Å². The van der Waals surface area contributed by atoms with Gasteiger partial charge in [0.2, 0.25) is 17.6 Å². The number of Topliss-reactive ketones (excluding diaryl/α,β-unsaturated/α-hetero) is 1. The number of carboxylic acid groups (broad SMARTS) is 1. The molecule has 1 saturated heterocycles. The average molecular weight is 358 g/mol. The number of benzene rings is 1. The number of fused-ring (bicyclic) bond motifs is 1. The lowest BCUT2D eigenvalue weighted by molar-refractivity contribution is -0.149. The number of aliphatic carboxylic acids is 1. The van der Waals surface area contributed by atoms with Crippen molar-refractivity contribution in [1.82, 2.24) is 10.2 Å². The summed E-state index contributed by atoms with van der Waals surface area (Å²) >= 11 is 0. The molecule has 3 rings (SSSR count). The summed E-state index contributed by atoms with van der Waals surface area (Å²) in [6.07, 6.45) is -0.269. The Balaban J connectivity index is 1.89. The topological polar surface area (TPSA) is 138 Å². The lowest BCUT2D eigenvalue weighted by atomic mass is 9.98. The minimum absolute atomic E-state index is 0.0173. The smallest absolute Gasteiger partial charge is 0.372 e. The number of amides is 4. The van der Waals surface area contributed by atoms with Crippen LogP contribution in [0.5, 0.6) is 0 Å². The van der Waals surface area contributed by atoms with E-state index in [2.05, 4.69) is 5.32 Å². The first kappa shape index (κ1) is 17.5. The van der Waals surface area contributed by atoms with Crippen LogP contribution in [0, 0.1) is 0 Å². The lowest BCUT2D eigenvalue weighted by Gasteiger charge is -2.27. The maximum absolute atomic E-state index is 12.8. The number of hydrogen-bond donors (Lipinski definition) is 2. The molecule has 0 saturated carbocycles. The Hall–Kier alpha value is -3.36. The van der Waals surface area contributed by atoms with Crippen LogP contribution in [0.1, 0.15) is 45.5 Å². The van der Waals surface area contributed by atoms with E-state index in [1.54, 1.807) is 0 Å². The van der Waals surface area contributed by atoms with Gasteiger partial charge in [-0.15, -0.1) is 0 Å². The van der Waals surface area contributed by atoms with E-state index in [0.717, 1.165) is 4.90 Å². The van der Waals surface area contributed by atoms with Crippen LogP contribution < -0.4 is 5.32 Å². The van der Waals surface area contributed by atoms with Crippen LogP contribution in [0.3, 0.4) is 0 Å². The van der Waals surface area contributed by atoms with Crippen molar-refractivity contribution in [2.45, 2.75) is 31.7 Å². The maximum atomic E-state index is 12.8. The summed E-state index contributed by atoms with van der Waals surface area (Å²) in [5.41, 5.74) is 0.533. The number of piperidine rings is 1. The van der Waals surface area contributed by atoms with Crippen LogP contribution in [0.2, 0.25) is 0 Å². The van der Waals surface area contributed by atoms with Crippen molar-refractivity contribution in [3.05, 3.63) is 34.9 Å². The normalized spacial score (nSPS) is 19.4. The van der Waals surface area contributed by atoms with Gasteiger partial charge < -0.3 is 5.11 Å². The molecule has 2 aliphatic heterocycles. The molecule has 9 nitrogen and oxygen atoms in total. The van der Waals surface area contributed by atoms with Crippen molar-refractivity contribution < 1.29 is 33.9 Å². The molecule has 1 unspecified atom stereocenters. The van der Waals surface area contributed by atoms with Crippen LogP contribution >= 0.6 is 0 Å². The third-order valence-electron chi connectivity index (χ3n) is 4.41. The molecule has 9 heteroatoms. The van der Waals surface area contributed by atoms with E-state index in [9.17, 15) is 28.8 Å². The fourth-order valence-corrected chi connectivity index (χ4v) is 3.15. The number of nitrogens with one attached hydrogen (secondary N) is 1. The zero-order valence-electron chi connectivity index (χ0n) is 13.5. The Bertz CT molecular complexity index is 874. The number of rotatable bonds is 5. The highest BCUT2D eigenvalue weighted by Crippen LogP contribution is 2.30. The second-order valence-corrected chi connectivity index (χ2v) is 6.02. The Morgan fingerprint density at radius 2 is 1.88 bits per heavy atom. The summed E-state index contributed by atoms with van der Waals surface area (Å²) in [7, 11) is 0. The highest BCUT2D eigenvalue weighted by Gasteiger charge is 2.45. The number of nitrogens with zero attached hydrogens (tertiary/aromatic N) is 1. The van der Waals surface area contributed by atoms with Gasteiger partial charge >= 0.3 is 5.97 Å². The zero-order chi connectivity index (χ0) is 19.0. The molecule has 0 bridgehead atoms. The van der Waals surface area contributed by atoms with Gasteiger partial charge in [0.05, 0.1) is 11.1 Å². The minimum Gasteiger partial charge on any atom is -0.476 e. The molecule has 0 spiro atoms. The van der Waals surface area contributed by atoms with Gasteiger partial charge in [-0.05, 0) is 24.5 Å². The Labute approximate surface area is 147 Å². The molecule has 0 radical (unpaired) electrons. The first-order chi connectivity index (χ1) is 12.3. The van der Waals surface area contributed by atoms with Crippen LogP contribution in [0.4, 0.5) is 0 Å². The zero-order valence-corrected chi connectivity index (χ0v) is 13.5. The van der Waals surface area contributed by atoms with E-state index < -0.39 is 41.4 Å². The number of carbonyl (C=O) groups excluding carboxylic acids is 5. The maximum Gasteiger partial charge on any atom is 0.372 e. The van der Waals surface area contributed by atoms with Gasteiger partial charge in [0.15, 0.2) is 0 Å². The van der Waals surface area contributed by atoms with Crippen molar-refractivity contribution in [3.63, 3.8) is 0 Å².